The molecular weight excluding hydrogens is 917 g/mol. The van der Waals surface area contributed by atoms with E-state index in [4.69, 9.17) is 11.6 Å². The summed E-state index contributed by atoms with van der Waals surface area (Å²) in [4.78, 5) is 63.9. The number of rotatable bonds is 10. The number of carbonyl (C=O) groups is 5. The van der Waals surface area contributed by atoms with E-state index in [1.807, 2.05) is 0 Å². The zero-order chi connectivity index (χ0) is 48.8. The quantitative estimate of drug-likeness (QED) is 0.0574. The Morgan fingerprint density at radius 3 is 1.36 bits per heavy atom. The van der Waals surface area contributed by atoms with Crippen LogP contribution in [0.25, 0.3) is 21.5 Å². The highest BCUT2D eigenvalue weighted by Gasteiger charge is 2.30. The summed E-state index contributed by atoms with van der Waals surface area (Å²) in [6, 6.07) is 35.8. The number of alkyl halides is 3. The van der Waals surface area contributed by atoms with Crippen LogP contribution < -0.4 is 21.3 Å². The van der Waals surface area contributed by atoms with Gasteiger partial charge in [0.25, 0.3) is 11.8 Å². The van der Waals surface area contributed by atoms with Gasteiger partial charge in [0.15, 0.2) is 5.78 Å². The average molecular weight is 949 g/mol. The second-order valence-corrected chi connectivity index (χ2v) is 15.4. The monoisotopic (exact) mass is 948 g/mol. The van der Waals surface area contributed by atoms with Crippen molar-refractivity contribution in [3.63, 3.8) is 0 Å². The molecule has 0 heterocycles. The van der Waals surface area contributed by atoms with Gasteiger partial charge in [0.2, 0.25) is 0 Å². The Hall–Kier alpha value is -9.29. The number of hydrogen-bond donors (Lipinski definition) is 6. The Morgan fingerprint density at radius 2 is 0.913 bits per heavy atom. The third-order valence-electron chi connectivity index (χ3n) is 10.2. The molecular formula is C50H32ClF3N8O7. The number of carbonyl (C=O) groups excluding carboxylic acids is 5. The first kappa shape index (κ1) is 46.2. The molecule has 8 aromatic rings. The van der Waals surface area contributed by atoms with E-state index in [0.717, 1.165) is 18.2 Å². The molecule has 0 spiro atoms. The zero-order valence-electron chi connectivity index (χ0n) is 35.2. The van der Waals surface area contributed by atoms with E-state index in [1.165, 1.54) is 60.7 Å². The van der Waals surface area contributed by atoms with Gasteiger partial charge in [0.1, 0.15) is 22.9 Å². The molecule has 0 fully saturated rings. The lowest BCUT2D eigenvalue weighted by molar-refractivity contribution is -0.137. The molecule has 8 rings (SSSR count). The van der Waals surface area contributed by atoms with Gasteiger partial charge in [-0.2, -0.15) is 23.4 Å². The number of fused-ring (bicyclic) bond motifs is 2. The number of imide groups is 2. The molecule has 0 saturated carbocycles. The Bertz CT molecular complexity index is 3420. The van der Waals surface area contributed by atoms with E-state index in [1.54, 1.807) is 78.9 Å². The Kier molecular flexibility index (Phi) is 13.2. The van der Waals surface area contributed by atoms with E-state index in [0.29, 0.717) is 54.8 Å². The van der Waals surface area contributed by atoms with Gasteiger partial charge in [-0.05, 0) is 132 Å². The number of phenolic OH excluding ortho intramolecular Hbond substituents is 2. The SMILES string of the molecule is O=C(NC(=O)c1ccc2c(N=Nc3ccc(C(=O)c4ccc(N=Nc5c(O)ccc6cc(C(=O)NC(=O)Nc7cccc(C(F)(F)F)c7)ccc56)cc4)cc3)c(O)ccc2c1)Nc1cccc(Cl)c1. The van der Waals surface area contributed by atoms with Crippen LogP contribution in [0.15, 0.2) is 178 Å². The van der Waals surface area contributed by atoms with Crippen LogP contribution in [0.4, 0.5) is 56.9 Å². The molecule has 15 nitrogen and oxygen atoms in total. The highest BCUT2D eigenvalue weighted by Crippen LogP contribution is 2.38. The van der Waals surface area contributed by atoms with Crippen LogP contribution in [-0.4, -0.2) is 39.9 Å². The fraction of sp³-hybridized carbons (Fsp3) is 0.0200. The van der Waals surface area contributed by atoms with Gasteiger partial charge < -0.3 is 20.8 Å². The molecule has 342 valence electrons. The number of ketones is 1. The molecule has 19 heteroatoms. The third-order valence-corrected chi connectivity index (χ3v) is 10.5. The zero-order valence-corrected chi connectivity index (χ0v) is 36.0. The summed E-state index contributed by atoms with van der Waals surface area (Å²) >= 11 is 5.96. The normalized spacial score (nSPS) is 11.5. The number of nitrogens with zero attached hydrogens (tertiary/aromatic N) is 4. The molecule has 6 N–H and O–H groups in total. The van der Waals surface area contributed by atoms with Crippen LogP contribution in [0.2, 0.25) is 5.02 Å². The molecule has 0 aliphatic heterocycles. The first-order chi connectivity index (χ1) is 33.1. The van der Waals surface area contributed by atoms with Crippen LogP contribution in [0.1, 0.15) is 42.2 Å². The van der Waals surface area contributed by atoms with Crippen molar-refractivity contribution in [3.05, 3.63) is 191 Å². The van der Waals surface area contributed by atoms with Crippen molar-refractivity contribution < 1.29 is 47.4 Å². The van der Waals surface area contributed by atoms with E-state index in [2.05, 4.69) is 41.7 Å². The number of amides is 6. The molecule has 0 atom stereocenters. The number of aromatic hydroxyl groups is 2. The number of halogens is 4. The molecule has 0 unspecified atom stereocenters. The molecule has 8 aromatic carbocycles. The second kappa shape index (κ2) is 19.7. The van der Waals surface area contributed by atoms with Gasteiger partial charge >= 0.3 is 18.2 Å². The minimum absolute atomic E-state index is 0.0391. The largest absolute Gasteiger partial charge is 0.506 e. The first-order valence-corrected chi connectivity index (χ1v) is 20.7. The molecule has 0 bridgehead atoms. The van der Waals surface area contributed by atoms with E-state index in [9.17, 15) is 47.4 Å². The summed E-state index contributed by atoms with van der Waals surface area (Å²) in [7, 11) is 0. The predicted octanol–water partition coefficient (Wildman–Crippen LogP) is 13.1. The molecule has 0 radical (unpaired) electrons. The number of anilines is 2. The molecule has 69 heavy (non-hydrogen) atoms. The van der Waals surface area contributed by atoms with Crippen LogP contribution in [0.3, 0.4) is 0 Å². The number of nitrogens with one attached hydrogen (secondary N) is 4. The van der Waals surface area contributed by atoms with Crippen molar-refractivity contribution in [2.24, 2.45) is 20.5 Å². The number of azo groups is 2. The molecule has 0 aromatic heterocycles. The third kappa shape index (κ3) is 11.1. The van der Waals surface area contributed by atoms with E-state index in [-0.39, 0.29) is 45.5 Å². The number of hydrogen-bond acceptors (Lipinski definition) is 11. The summed E-state index contributed by atoms with van der Waals surface area (Å²) < 4.78 is 39.2. The van der Waals surface area contributed by atoms with Crippen LogP contribution in [0.5, 0.6) is 11.5 Å². The lowest BCUT2D eigenvalue weighted by atomic mass is 10.0. The summed E-state index contributed by atoms with van der Waals surface area (Å²) in [5.74, 6) is -2.20. The van der Waals surface area contributed by atoms with E-state index < -0.39 is 35.6 Å². The van der Waals surface area contributed by atoms with E-state index >= 15 is 0 Å². The van der Waals surface area contributed by atoms with Crippen molar-refractivity contribution in [1.29, 1.82) is 0 Å². The van der Waals surface area contributed by atoms with Gasteiger partial charge in [-0.25, -0.2) is 9.59 Å². The predicted molar refractivity (Wildman–Crippen MR) is 252 cm³/mol. The summed E-state index contributed by atoms with van der Waals surface area (Å²) in [6.45, 7) is 0. The standard InChI is InChI=1S/C50H32ClF3N8O7/c51-34-4-2-6-38(26-34)56-49(69)58-47(67)32-12-20-40-30(24-32)14-22-42(64)44(40)62-60-36-17-9-28(10-18-36)45(65)27-7-15-35(16-8-27)59-61-43-39-19-11-31(23-29(39)13-21-41(43)63)46(66)57-48(68)55-37-5-1-3-33(25-37)50(52,53)54/h1-26,63-64H,(H2,55,57,66,68)(H2,56,58,67,69). The van der Waals surface area contributed by atoms with Gasteiger partial charge in [-0.15, -0.1) is 10.2 Å². The number of phenols is 2. The lowest BCUT2D eigenvalue weighted by Crippen LogP contribution is -2.34. The van der Waals surface area contributed by atoms with Gasteiger partial charge in [-0.3, -0.25) is 25.0 Å². The molecule has 0 aliphatic carbocycles. The first-order valence-electron chi connectivity index (χ1n) is 20.4. The van der Waals surface area contributed by atoms with Crippen molar-refractivity contribution >= 4 is 96.9 Å². The Morgan fingerprint density at radius 1 is 0.478 bits per heavy atom. The minimum atomic E-state index is -4.62. The average Bonchev–Trinajstić information content (AvgIpc) is 3.33. The fourth-order valence-electron chi connectivity index (χ4n) is 6.85. The van der Waals surface area contributed by atoms with Crippen molar-refractivity contribution in [1.82, 2.24) is 10.6 Å². The Labute approximate surface area is 393 Å². The highest BCUT2D eigenvalue weighted by molar-refractivity contribution is 6.31. The maximum Gasteiger partial charge on any atom is 0.416 e. The van der Waals surface area contributed by atoms with Crippen molar-refractivity contribution in [2.75, 3.05) is 10.6 Å². The van der Waals surface area contributed by atoms with Crippen LogP contribution in [0, 0.1) is 0 Å². The summed E-state index contributed by atoms with van der Waals surface area (Å²) in [5.41, 5.74) is 1.07. The van der Waals surface area contributed by atoms with Crippen molar-refractivity contribution in [3.8, 4) is 11.5 Å². The lowest BCUT2D eigenvalue weighted by Gasteiger charge is -2.11. The smallest absolute Gasteiger partial charge is 0.416 e. The van der Waals surface area contributed by atoms with Gasteiger partial charge in [0.05, 0.1) is 16.9 Å². The summed E-state index contributed by atoms with van der Waals surface area (Å²) in [6.07, 6.45) is -4.62. The minimum Gasteiger partial charge on any atom is -0.506 e. The maximum absolute atomic E-state index is 13.4. The topological polar surface area (TPSA) is 223 Å². The summed E-state index contributed by atoms with van der Waals surface area (Å²) in [5, 5.41) is 49.6. The van der Waals surface area contributed by atoms with Gasteiger partial charge in [0, 0.05) is 49.4 Å². The molecule has 0 saturated heterocycles. The van der Waals surface area contributed by atoms with Gasteiger partial charge in [-0.1, -0.05) is 48.0 Å². The fourth-order valence-corrected chi connectivity index (χ4v) is 7.04. The second-order valence-electron chi connectivity index (χ2n) is 15.0. The Balaban J connectivity index is 0.886. The van der Waals surface area contributed by atoms with Crippen LogP contribution in [-0.2, 0) is 6.18 Å². The maximum atomic E-state index is 13.4. The highest BCUT2D eigenvalue weighted by atomic mass is 35.5. The van der Waals surface area contributed by atoms with Crippen molar-refractivity contribution in [2.45, 2.75) is 6.18 Å². The number of urea groups is 2. The van der Waals surface area contributed by atoms with Crippen LogP contribution >= 0.6 is 11.6 Å². The number of benzene rings is 8. The molecule has 0 aliphatic rings. The molecule has 6 amide bonds.